The van der Waals surface area contributed by atoms with E-state index in [1.807, 2.05) is 6.92 Å². The summed E-state index contributed by atoms with van der Waals surface area (Å²) in [4.78, 5) is 28.7. The third-order valence-electron chi connectivity index (χ3n) is 5.02. The number of esters is 1. The number of hydrogen-bond donors (Lipinski definition) is 2. The number of alkyl halides is 1. The van der Waals surface area contributed by atoms with Crippen molar-refractivity contribution in [1.82, 2.24) is 4.57 Å². The van der Waals surface area contributed by atoms with Crippen molar-refractivity contribution in [2.45, 2.75) is 57.5 Å². The number of hydrogen-bond acceptors (Lipinski definition) is 6. The van der Waals surface area contributed by atoms with Crippen molar-refractivity contribution >= 4 is 11.7 Å². The second kappa shape index (κ2) is 7.36. The third kappa shape index (κ3) is 3.12. The number of carbonyl (C=O) groups is 1. The summed E-state index contributed by atoms with van der Waals surface area (Å²) in [6, 6.07) is 1.44. The molecule has 2 aliphatic heterocycles. The second-order valence-electron chi connectivity index (χ2n) is 6.79. The van der Waals surface area contributed by atoms with E-state index in [1.54, 1.807) is 0 Å². The maximum absolute atomic E-state index is 15.9. The number of unbranched alkanes of at least 4 members (excludes halogenated alkanes) is 2. The van der Waals surface area contributed by atoms with E-state index in [9.17, 15) is 14.7 Å². The number of aliphatic imine (C=N–C) groups is 1. The molecule has 1 aromatic rings. The normalized spacial score (nSPS) is 24.8. The SMILES string of the molecule is C=C(CC)N=C1c2cc3c(c(=O)n2C1(F)CCCCCO)COC(=O)[C@H]3O. The molecule has 0 spiro atoms. The lowest BCUT2D eigenvalue weighted by molar-refractivity contribution is -0.157. The highest BCUT2D eigenvalue weighted by Gasteiger charge is 2.52. The van der Waals surface area contributed by atoms with Gasteiger partial charge in [0.15, 0.2) is 6.10 Å². The molecule has 1 unspecified atom stereocenters. The Balaban J connectivity index is 2.08. The molecule has 8 heteroatoms. The summed E-state index contributed by atoms with van der Waals surface area (Å²) in [5, 5.41) is 18.9. The Kier molecular flexibility index (Phi) is 5.30. The molecule has 2 aliphatic rings. The van der Waals surface area contributed by atoms with Crippen LogP contribution >= 0.6 is 0 Å². The van der Waals surface area contributed by atoms with Gasteiger partial charge in [0.1, 0.15) is 12.3 Å². The Labute approximate surface area is 155 Å². The number of aliphatic hydroxyl groups excluding tert-OH is 2. The maximum Gasteiger partial charge on any atom is 0.340 e. The molecule has 3 rings (SSSR count). The molecule has 2 atom stereocenters. The van der Waals surface area contributed by atoms with Gasteiger partial charge in [-0.15, -0.1) is 0 Å². The van der Waals surface area contributed by atoms with Crippen LogP contribution in [0.4, 0.5) is 4.39 Å². The fraction of sp³-hybridized carbons (Fsp3) is 0.526. The smallest absolute Gasteiger partial charge is 0.340 e. The largest absolute Gasteiger partial charge is 0.458 e. The molecule has 2 N–H and O–H groups in total. The highest BCUT2D eigenvalue weighted by Crippen LogP contribution is 2.41. The molecule has 27 heavy (non-hydrogen) atoms. The van der Waals surface area contributed by atoms with Gasteiger partial charge in [0.05, 0.1) is 11.3 Å². The van der Waals surface area contributed by atoms with Crippen LogP contribution < -0.4 is 5.56 Å². The predicted molar refractivity (Wildman–Crippen MR) is 96.1 cm³/mol. The average Bonchev–Trinajstić information content (AvgIpc) is 2.65. The highest BCUT2D eigenvalue weighted by molar-refractivity contribution is 6.10. The summed E-state index contributed by atoms with van der Waals surface area (Å²) in [7, 11) is 0. The van der Waals surface area contributed by atoms with Gasteiger partial charge in [-0.25, -0.2) is 9.18 Å². The Hall–Kier alpha value is -2.32. The van der Waals surface area contributed by atoms with Crippen LogP contribution in [-0.4, -0.2) is 33.1 Å². The number of aromatic nitrogens is 1. The summed E-state index contributed by atoms with van der Waals surface area (Å²) in [5.41, 5.74) is 0.394. The quantitative estimate of drug-likeness (QED) is 0.557. The fourth-order valence-electron chi connectivity index (χ4n) is 3.44. The number of pyridine rings is 1. The van der Waals surface area contributed by atoms with E-state index >= 15 is 4.39 Å². The monoisotopic (exact) mass is 378 g/mol. The third-order valence-corrected chi connectivity index (χ3v) is 5.02. The zero-order valence-corrected chi connectivity index (χ0v) is 15.2. The van der Waals surface area contributed by atoms with Gasteiger partial charge in [0.25, 0.3) is 5.56 Å². The van der Waals surface area contributed by atoms with Gasteiger partial charge in [0, 0.05) is 24.3 Å². The number of ether oxygens (including phenoxy) is 1. The number of rotatable bonds is 7. The van der Waals surface area contributed by atoms with Gasteiger partial charge in [0.2, 0.25) is 5.79 Å². The predicted octanol–water partition coefficient (Wildman–Crippen LogP) is 1.84. The van der Waals surface area contributed by atoms with Crippen molar-refractivity contribution in [2.75, 3.05) is 6.61 Å². The zero-order chi connectivity index (χ0) is 19.8. The van der Waals surface area contributed by atoms with Crippen molar-refractivity contribution in [3.8, 4) is 0 Å². The van der Waals surface area contributed by atoms with E-state index in [4.69, 9.17) is 9.84 Å². The number of halogens is 1. The number of aliphatic hydroxyl groups is 2. The first-order valence-corrected chi connectivity index (χ1v) is 9.06. The van der Waals surface area contributed by atoms with Crippen LogP contribution in [0.25, 0.3) is 0 Å². The number of carbonyl (C=O) groups excluding carboxylic acids is 1. The summed E-state index contributed by atoms with van der Waals surface area (Å²) >= 11 is 0. The van der Waals surface area contributed by atoms with E-state index in [1.165, 1.54) is 6.07 Å². The van der Waals surface area contributed by atoms with Crippen LogP contribution in [0.2, 0.25) is 0 Å². The zero-order valence-electron chi connectivity index (χ0n) is 15.2. The molecule has 0 saturated heterocycles. The molecule has 0 bridgehead atoms. The van der Waals surface area contributed by atoms with Gasteiger partial charge in [-0.2, -0.15) is 0 Å². The summed E-state index contributed by atoms with van der Waals surface area (Å²) < 4.78 is 21.7. The molecular formula is C19H23FN2O5. The van der Waals surface area contributed by atoms with Crippen LogP contribution in [0.1, 0.15) is 62.0 Å². The molecule has 146 valence electrons. The topological polar surface area (TPSA) is 101 Å². The van der Waals surface area contributed by atoms with Crippen LogP contribution in [0.15, 0.2) is 28.1 Å². The second-order valence-corrected chi connectivity index (χ2v) is 6.79. The molecule has 0 fully saturated rings. The van der Waals surface area contributed by atoms with Crippen molar-refractivity contribution in [3.63, 3.8) is 0 Å². The summed E-state index contributed by atoms with van der Waals surface area (Å²) in [6.07, 6.45) is 0.635. The summed E-state index contributed by atoms with van der Waals surface area (Å²) in [6.45, 7) is 5.36. The molecular weight excluding hydrogens is 355 g/mol. The molecule has 7 nitrogen and oxygen atoms in total. The molecule has 0 aliphatic carbocycles. The minimum atomic E-state index is -2.08. The van der Waals surface area contributed by atoms with E-state index in [-0.39, 0.29) is 42.2 Å². The molecule has 3 heterocycles. The molecule has 1 aromatic heterocycles. The Morgan fingerprint density at radius 2 is 2.19 bits per heavy atom. The number of cyclic esters (lactones) is 1. The molecule has 0 saturated carbocycles. The van der Waals surface area contributed by atoms with Crippen LogP contribution in [0, 0.1) is 0 Å². The average molecular weight is 378 g/mol. The van der Waals surface area contributed by atoms with Crippen molar-refractivity contribution in [1.29, 1.82) is 0 Å². The maximum atomic E-state index is 15.9. The van der Waals surface area contributed by atoms with E-state index in [0.29, 0.717) is 31.4 Å². The lowest BCUT2D eigenvalue weighted by Crippen LogP contribution is -2.57. The number of allylic oxidation sites excluding steroid dienone is 1. The van der Waals surface area contributed by atoms with Crippen molar-refractivity contribution in [2.24, 2.45) is 4.99 Å². The van der Waals surface area contributed by atoms with Crippen molar-refractivity contribution in [3.05, 3.63) is 45.5 Å². The Morgan fingerprint density at radius 1 is 1.44 bits per heavy atom. The lowest BCUT2D eigenvalue weighted by atomic mass is 9.86. The number of fused-ring (bicyclic) bond motifs is 2. The molecule has 0 radical (unpaired) electrons. The first kappa shape index (κ1) is 19.4. The van der Waals surface area contributed by atoms with Gasteiger partial charge in [-0.1, -0.05) is 19.9 Å². The van der Waals surface area contributed by atoms with Crippen LogP contribution in [0.5, 0.6) is 0 Å². The van der Waals surface area contributed by atoms with Gasteiger partial charge in [-0.05, 0) is 25.3 Å². The molecule has 0 amide bonds. The first-order chi connectivity index (χ1) is 12.8. The van der Waals surface area contributed by atoms with Gasteiger partial charge >= 0.3 is 5.97 Å². The Morgan fingerprint density at radius 3 is 2.85 bits per heavy atom. The lowest BCUT2D eigenvalue weighted by Gasteiger charge is -2.42. The Bertz CT molecular complexity index is 876. The van der Waals surface area contributed by atoms with E-state index in [0.717, 1.165) is 4.57 Å². The first-order valence-electron chi connectivity index (χ1n) is 9.06. The van der Waals surface area contributed by atoms with Crippen LogP contribution in [-0.2, 0) is 21.9 Å². The van der Waals surface area contributed by atoms with Crippen LogP contribution in [0.3, 0.4) is 0 Å². The summed E-state index contributed by atoms with van der Waals surface area (Å²) in [5.74, 6) is -2.92. The number of nitrogens with zero attached hydrogens (tertiary/aromatic N) is 2. The minimum Gasteiger partial charge on any atom is -0.458 e. The van der Waals surface area contributed by atoms with E-state index < -0.39 is 23.4 Å². The highest BCUT2D eigenvalue weighted by atomic mass is 19.1. The van der Waals surface area contributed by atoms with Gasteiger partial charge < -0.3 is 14.9 Å². The van der Waals surface area contributed by atoms with Crippen molar-refractivity contribution < 1.29 is 24.1 Å². The fourth-order valence-corrected chi connectivity index (χ4v) is 3.44. The van der Waals surface area contributed by atoms with E-state index in [2.05, 4.69) is 11.6 Å². The standard InChI is InChI=1S/C19H23FN2O5/c1-3-11(2)21-16-14-9-12-13(10-27-18(26)15(12)24)17(25)22(14)19(16,20)7-5-4-6-8-23/h9,15,23-24H,2-8,10H2,1H3/t15-,19?/m0/s1. The molecule has 0 aromatic carbocycles. The minimum absolute atomic E-state index is 0.0279. The van der Waals surface area contributed by atoms with Gasteiger partial charge in [-0.3, -0.25) is 14.4 Å².